The number of hydrogen-bond acceptors (Lipinski definition) is 9. The van der Waals surface area contributed by atoms with Crippen LogP contribution >= 0.6 is 0 Å². The Kier molecular flexibility index (Phi) is 10.2. The summed E-state index contributed by atoms with van der Waals surface area (Å²) in [5.41, 5.74) is 1.65. The molecule has 1 aliphatic rings. The first-order valence-corrected chi connectivity index (χ1v) is 12.3. The number of carbonyl (C=O) groups is 5. The molecule has 40 heavy (non-hydrogen) atoms. The van der Waals surface area contributed by atoms with Crippen molar-refractivity contribution in [2.24, 2.45) is 10.9 Å². The van der Waals surface area contributed by atoms with Gasteiger partial charge in [-0.25, -0.2) is 0 Å². The molecule has 2 aromatic carbocycles. The van der Waals surface area contributed by atoms with E-state index in [1.807, 2.05) is 0 Å². The van der Waals surface area contributed by atoms with Crippen molar-refractivity contribution in [3.63, 3.8) is 0 Å². The van der Waals surface area contributed by atoms with Crippen LogP contribution in [0.15, 0.2) is 53.6 Å². The lowest BCUT2D eigenvalue weighted by atomic mass is 10.0. The number of esters is 1. The highest BCUT2D eigenvalue weighted by atomic mass is 16.5. The van der Waals surface area contributed by atoms with Crippen molar-refractivity contribution in [3.05, 3.63) is 65.2 Å². The van der Waals surface area contributed by atoms with E-state index < -0.39 is 54.7 Å². The molecule has 212 valence electrons. The maximum Gasteiger partial charge on any atom is 0.323 e. The van der Waals surface area contributed by atoms with Crippen LogP contribution in [0.1, 0.15) is 27.9 Å². The van der Waals surface area contributed by atoms with Gasteiger partial charge in [0.05, 0.1) is 26.9 Å². The molecular formula is C27H31N5O8. The molecule has 0 unspecified atom stereocenters. The van der Waals surface area contributed by atoms with Crippen LogP contribution in [-0.4, -0.2) is 96.7 Å². The minimum atomic E-state index is -1.29. The van der Waals surface area contributed by atoms with Crippen LogP contribution in [0.25, 0.3) is 0 Å². The molecule has 1 saturated heterocycles. The Balaban J connectivity index is 1.91. The van der Waals surface area contributed by atoms with E-state index in [1.165, 1.54) is 18.2 Å². The topological polar surface area (TPSA) is 181 Å². The molecule has 13 heteroatoms. The zero-order chi connectivity index (χ0) is 29.2. The second-order valence-electron chi connectivity index (χ2n) is 8.96. The van der Waals surface area contributed by atoms with Crippen LogP contribution in [-0.2, 0) is 30.3 Å². The Bertz CT molecular complexity index is 1260. The summed E-state index contributed by atoms with van der Waals surface area (Å²) < 4.78 is 9.90. The number of aliphatic carboxylic acids is 1. The van der Waals surface area contributed by atoms with E-state index in [1.54, 1.807) is 48.5 Å². The molecule has 3 amide bonds. The lowest BCUT2D eigenvalue weighted by molar-refractivity contribution is -0.159. The average Bonchev–Trinajstić information content (AvgIpc) is 2.95. The van der Waals surface area contributed by atoms with E-state index in [2.05, 4.69) is 10.4 Å². The molecule has 1 aliphatic heterocycles. The fourth-order valence-corrected chi connectivity index (χ4v) is 4.31. The normalized spacial score (nSPS) is 15.9. The lowest BCUT2D eigenvalue weighted by Crippen LogP contribution is -2.63. The predicted molar refractivity (Wildman–Crippen MR) is 143 cm³/mol. The van der Waals surface area contributed by atoms with Crippen molar-refractivity contribution in [1.29, 1.82) is 0 Å². The van der Waals surface area contributed by atoms with Crippen LogP contribution < -0.4 is 15.9 Å². The minimum Gasteiger partial charge on any atom is -0.497 e. The number of carboxylic acids is 1. The van der Waals surface area contributed by atoms with Crippen LogP contribution in [0.5, 0.6) is 5.75 Å². The van der Waals surface area contributed by atoms with Gasteiger partial charge in [-0.1, -0.05) is 24.3 Å². The van der Waals surface area contributed by atoms with E-state index >= 15 is 0 Å². The number of nitrogens with two attached hydrogens (primary N) is 1. The van der Waals surface area contributed by atoms with Crippen molar-refractivity contribution in [3.8, 4) is 5.75 Å². The largest absolute Gasteiger partial charge is 0.497 e. The average molecular weight is 554 g/mol. The van der Waals surface area contributed by atoms with Gasteiger partial charge in [0, 0.05) is 25.1 Å². The number of hydrazone groups is 1. The standard InChI is InChI=1S/C27H31N5O8/c1-39-20-9-5-17(6-10-20)13-21(30-25(36)19-7-3-18(4-8-19)15-29-28)26(37)32-12-11-31(16-23(33)34)27(38)22(32)14-24(35)40-2/h3-10,15,21-22H,11-14,16,28H2,1-2H3,(H,30,36)(H,33,34)/t21-,22-/m0/s1. The van der Waals surface area contributed by atoms with Gasteiger partial charge in [0.15, 0.2) is 0 Å². The van der Waals surface area contributed by atoms with Crippen molar-refractivity contribution >= 4 is 35.9 Å². The second-order valence-corrected chi connectivity index (χ2v) is 8.96. The number of methoxy groups -OCH3 is 2. The molecule has 2 atom stereocenters. The van der Waals surface area contributed by atoms with E-state index in [-0.39, 0.29) is 25.1 Å². The van der Waals surface area contributed by atoms with Crippen molar-refractivity contribution in [1.82, 2.24) is 15.1 Å². The third kappa shape index (κ3) is 7.56. The SMILES string of the molecule is COC(=O)C[C@H]1C(=O)N(CC(=O)O)CCN1C(=O)[C@H](Cc1ccc(OC)cc1)NC(=O)c1ccc(C=NN)cc1. The Morgan fingerprint density at radius 3 is 2.35 bits per heavy atom. The first-order chi connectivity index (χ1) is 19.2. The zero-order valence-electron chi connectivity index (χ0n) is 22.1. The summed E-state index contributed by atoms with van der Waals surface area (Å²) in [6.07, 6.45) is 1.02. The smallest absolute Gasteiger partial charge is 0.323 e. The van der Waals surface area contributed by atoms with Crippen molar-refractivity contribution in [2.45, 2.75) is 24.9 Å². The summed E-state index contributed by atoms with van der Waals surface area (Å²) in [5.74, 6) is 1.97. The maximum atomic E-state index is 13.9. The molecule has 0 saturated carbocycles. The predicted octanol–water partition coefficient (Wildman–Crippen LogP) is 0.0160. The Morgan fingerprint density at radius 2 is 1.77 bits per heavy atom. The second kappa shape index (κ2) is 13.7. The zero-order valence-corrected chi connectivity index (χ0v) is 22.1. The quantitative estimate of drug-likeness (QED) is 0.150. The number of ether oxygens (including phenoxy) is 2. The van der Waals surface area contributed by atoms with E-state index in [4.69, 9.17) is 15.3 Å². The van der Waals surface area contributed by atoms with Gasteiger partial charge in [0.25, 0.3) is 5.91 Å². The van der Waals surface area contributed by atoms with Crippen molar-refractivity contribution in [2.75, 3.05) is 33.9 Å². The van der Waals surface area contributed by atoms with Gasteiger partial charge in [0.1, 0.15) is 24.4 Å². The first kappa shape index (κ1) is 29.6. The number of rotatable bonds is 11. The number of hydrogen-bond donors (Lipinski definition) is 3. The number of carboxylic acid groups (broad SMARTS) is 1. The minimum absolute atomic E-state index is 0.0401. The molecule has 1 fully saturated rings. The third-order valence-corrected chi connectivity index (χ3v) is 6.38. The van der Waals surface area contributed by atoms with Crippen molar-refractivity contribution < 1.29 is 38.6 Å². The summed E-state index contributed by atoms with van der Waals surface area (Å²) in [4.78, 5) is 65.9. The number of benzene rings is 2. The summed E-state index contributed by atoms with van der Waals surface area (Å²) in [7, 11) is 2.67. The maximum absolute atomic E-state index is 13.9. The van der Waals surface area contributed by atoms with Gasteiger partial charge in [0.2, 0.25) is 11.8 Å². The number of amides is 3. The first-order valence-electron chi connectivity index (χ1n) is 12.3. The number of piperazine rings is 1. The summed E-state index contributed by atoms with van der Waals surface area (Å²) in [6.45, 7) is -0.668. The molecule has 4 N–H and O–H groups in total. The molecule has 13 nitrogen and oxygen atoms in total. The summed E-state index contributed by atoms with van der Waals surface area (Å²) in [5, 5.41) is 15.4. The van der Waals surface area contributed by atoms with E-state index in [0.717, 1.165) is 12.0 Å². The number of carbonyl (C=O) groups excluding carboxylic acids is 4. The van der Waals surface area contributed by atoms with Crippen LogP contribution in [0, 0.1) is 0 Å². The summed E-state index contributed by atoms with van der Waals surface area (Å²) in [6, 6.07) is 10.9. The van der Waals surface area contributed by atoms with Gasteiger partial charge < -0.3 is 35.5 Å². The fraction of sp³-hybridized carbons (Fsp3) is 0.333. The van der Waals surface area contributed by atoms with Gasteiger partial charge in [-0.15, -0.1) is 0 Å². The van der Waals surface area contributed by atoms with Gasteiger partial charge in [-0.05, 0) is 35.4 Å². The molecule has 0 radical (unpaired) electrons. The molecule has 3 rings (SSSR count). The monoisotopic (exact) mass is 553 g/mol. The molecular weight excluding hydrogens is 522 g/mol. The summed E-state index contributed by atoms with van der Waals surface area (Å²) >= 11 is 0. The van der Waals surface area contributed by atoms with Gasteiger partial charge >= 0.3 is 11.9 Å². The highest BCUT2D eigenvalue weighted by Crippen LogP contribution is 2.20. The van der Waals surface area contributed by atoms with E-state index in [0.29, 0.717) is 16.9 Å². The molecule has 0 aromatic heterocycles. The molecule has 0 spiro atoms. The molecule has 2 aromatic rings. The molecule has 1 heterocycles. The van der Waals surface area contributed by atoms with Crippen LogP contribution in [0.3, 0.4) is 0 Å². The van der Waals surface area contributed by atoms with Crippen LogP contribution in [0.2, 0.25) is 0 Å². The van der Waals surface area contributed by atoms with Crippen LogP contribution in [0.4, 0.5) is 0 Å². The Morgan fingerprint density at radius 1 is 1.10 bits per heavy atom. The van der Waals surface area contributed by atoms with Gasteiger partial charge in [-0.2, -0.15) is 5.10 Å². The fourth-order valence-electron chi connectivity index (χ4n) is 4.31. The Hall–Kier alpha value is -4.94. The highest BCUT2D eigenvalue weighted by molar-refractivity contribution is 6.00. The molecule has 0 aliphatic carbocycles. The highest BCUT2D eigenvalue weighted by Gasteiger charge is 2.41. The Labute approximate surface area is 230 Å². The van der Waals surface area contributed by atoms with Gasteiger partial charge in [-0.3, -0.25) is 24.0 Å². The van der Waals surface area contributed by atoms with E-state index in [9.17, 15) is 29.1 Å². The lowest BCUT2D eigenvalue weighted by Gasteiger charge is -2.41. The molecule has 0 bridgehead atoms. The third-order valence-electron chi connectivity index (χ3n) is 6.38. The number of nitrogens with zero attached hydrogens (tertiary/aromatic N) is 3. The number of nitrogens with one attached hydrogen (secondary N) is 1.